The van der Waals surface area contributed by atoms with E-state index in [4.69, 9.17) is 27.9 Å². The fraction of sp³-hybridized carbons (Fsp3) is 0.562. The summed E-state index contributed by atoms with van der Waals surface area (Å²) >= 11 is 11.9. The van der Waals surface area contributed by atoms with Gasteiger partial charge in [-0.05, 0) is 44.5 Å². The smallest absolute Gasteiger partial charge is 0.260 e. The summed E-state index contributed by atoms with van der Waals surface area (Å²) in [6.45, 7) is 7.00. The van der Waals surface area contributed by atoms with E-state index < -0.39 is 6.10 Å². The van der Waals surface area contributed by atoms with Gasteiger partial charge in [-0.25, -0.2) is 0 Å². The highest BCUT2D eigenvalue weighted by Crippen LogP contribution is 2.28. The maximum absolute atomic E-state index is 12.2. The van der Waals surface area contributed by atoms with Gasteiger partial charge in [-0.3, -0.25) is 4.79 Å². The van der Waals surface area contributed by atoms with Crippen LogP contribution in [0.5, 0.6) is 5.75 Å². The van der Waals surface area contributed by atoms with Gasteiger partial charge >= 0.3 is 0 Å². The average Bonchev–Trinajstić information content (AvgIpc) is 2.50. The van der Waals surface area contributed by atoms with E-state index in [2.05, 4.69) is 17.1 Å². The summed E-state index contributed by atoms with van der Waals surface area (Å²) < 4.78 is 5.63. The second-order valence-electron chi connectivity index (χ2n) is 5.55. The number of carbonyl (C=O) groups excluding carboxylic acids is 1. The second-order valence-corrected chi connectivity index (χ2v) is 6.40. The van der Waals surface area contributed by atoms with E-state index in [1.165, 1.54) is 0 Å². The highest BCUT2D eigenvalue weighted by Gasteiger charge is 2.23. The number of nitrogens with one attached hydrogen (secondary N) is 1. The second kappa shape index (κ2) is 8.04. The predicted molar refractivity (Wildman–Crippen MR) is 89.8 cm³/mol. The number of amides is 1. The first kappa shape index (κ1) is 17.4. The van der Waals surface area contributed by atoms with Crippen LogP contribution in [-0.2, 0) is 4.79 Å². The molecule has 0 aromatic heterocycles. The van der Waals surface area contributed by atoms with Gasteiger partial charge in [0.15, 0.2) is 6.10 Å². The molecule has 1 aromatic rings. The van der Waals surface area contributed by atoms with Crippen molar-refractivity contribution in [2.75, 3.05) is 19.6 Å². The first-order chi connectivity index (χ1) is 10.5. The molecule has 0 bridgehead atoms. The first-order valence-corrected chi connectivity index (χ1v) is 8.39. The Labute approximate surface area is 141 Å². The summed E-state index contributed by atoms with van der Waals surface area (Å²) in [4.78, 5) is 14.6. The summed E-state index contributed by atoms with van der Waals surface area (Å²) in [7, 11) is 0. The number of benzene rings is 1. The number of piperidine rings is 1. The standard InChI is InChI=1S/C16H22Cl2N2O2/c1-3-20-8-6-13(7-9-20)19-16(21)11(2)22-15-5-4-12(17)10-14(15)18/h4-5,10-11,13H,3,6-9H2,1-2H3,(H,19,21)/t11-/m0/s1. The molecule has 2 rings (SSSR count). The fourth-order valence-corrected chi connectivity index (χ4v) is 2.98. The molecule has 22 heavy (non-hydrogen) atoms. The van der Waals surface area contributed by atoms with E-state index in [1.54, 1.807) is 25.1 Å². The van der Waals surface area contributed by atoms with Crippen LogP contribution in [0.2, 0.25) is 10.0 Å². The molecule has 0 radical (unpaired) electrons. The van der Waals surface area contributed by atoms with Crippen molar-refractivity contribution in [3.05, 3.63) is 28.2 Å². The maximum Gasteiger partial charge on any atom is 0.260 e. The van der Waals surface area contributed by atoms with E-state index in [-0.39, 0.29) is 11.9 Å². The molecule has 0 aliphatic carbocycles. The third-order valence-electron chi connectivity index (χ3n) is 3.95. The molecule has 0 saturated carbocycles. The summed E-state index contributed by atoms with van der Waals surface area (Å²) in [6, 6.07) is 5.19. The van der Waals surface area contributed by atoms with Crippen LogP contribution in [0.15, 0.2) is 18.2 Å². The predicted octanol–water partition coefficient (Wildman–Crippen LogP) is 3.36. The third-order valence-corrected chi connectivity index (χ3v) is 4.48. The van der Waals surface area contributed by atoms with Crippen LogP contribution in [0, 0.1) is 0 Å². The van der Waals surface area contributed by atoms with Crippen LogP contribution < -0.4 is 10.1 Å². The number of rotatable bonds is 5. The lowest BCUT2D eigenvalue weighted by molar-refractivity contribution is -0.128. The van der Waals surface area contributed by atoms with E-state index in [1.807, 2.05) is 0 Å². The minimum Gasteiger partial charge on any atom is -0.479 e. The average molecular weight is 345 g/mol. The third kappa shape index (κ3) is 4.77. The number of hydrogen-bond donors (Lipinski definition) is 1. The lowest BCUT2D eigenvalue weighted by atomic mass is 10.0. The topological polar surface area (TPSA) is 41.6 Å². The van der Waals surface area contributed by atoms with Crippen LogP contribution in [0.3, 0.4) is 0 Å². The molecule has 1 heterocycles. The normalized spacial score (nSPS) is 18.0. The fourth-order valence-electron chi connectivity index (χ4n) is 2.53. The number of hydrogen-bond acceptors (Lipinski definition) is 3. The van der Waals surface area contributed by atoms with Gasteiger partial charge in [-0.15, -0.1) is 0 Å². The minimum absolute atomic E-state index is 0.110. The van der Waals surface area contributed by atoms with Crippen molar-refractivity contribution < 1.29 is 9.53 Å². The van der Waals surface area contributed by atoms with Gasteiger partial charge in [-0.2, -0.15) is 0 Å². The number of nitrogens with zero attached hydrogens (tertiary/aromatic N) is 1. The molecular weight excluding hydrogens is 323 g/mol. The van der Waals surface area contributed by atoms with Crippen LogP contribution >= 0.6 is 23.2 Å². The summed E-state index contributed by atoms with van der Waals surface area (Å²) in [5.41, 5.74) is 0. The zero-order valence-electron chi connectivity index (χ0n) is 12.9. The quantitative estimate of drug-likeness (QED) is 0.890. The maximum atomic E-state index is 12.2. The molecular formula is C16H22Cl2N2O2. The van der Waals surface area contributed by atoms with Crippen LogP contribution in [0.4, 0.5) is 0 Å². The minimum atomic E-state index is -0.595. The van der Waals surface area contributed by atoms with Gasteiger partial charge in [0.1, 0.15) is 5.75 Å². The Bertz CT molecular complexity index is 517. The van der Waals surface area contributed by atoms with E-state index in [0.29, 0.717) is 15.8 Å². The van der Waals surface area contributed by atoms with Crippen LogP contribution in [0.25, 0.3) is 0 Å². The molecule has 1 amide bonds. The van der Waals surface area contributed by atoms with Crippen molar-refractivity contribution in [1.29, 1.82) is 0 Å². The van der Waals surface area contributed by atoms with Crippen molar-refractivity contribution in [1.82, 2.24) is 10.2 Å². The van der Waals surface area contributed by atoms with Crippen molar-refractivity contribution in [3.8, 4) is 5.75 Å². The van der Waals surface area contributed by atoms with Gasteiger partial charge in [0.05, 0.1) is 5.02 Å². The first-order valence-electron chi connectivity index (χ1n) is 7.64. The summed E-state index contributed by atoms with van der Waals surface area (Å²) in [6.07, 6.45) is 1.37. The Hall–Kier alpha value is -0.970. The number of ether oxygens (including phenoxy) is 1. The Morgan fingerprint density at radius 2 is 2.09 bits per heavy atom. The lowest BCUT2D eigenvalue weighted by Gasteiger charge is -2.32. The van der Waals surface area contributed by atoms with Crippen molar-refractivity contribution >= 4 is 29.1 Å². The zero-order valence-corrected chi connectivity index (χ0v) is 14.5. The van der Waals surface area contributed by atoms with Crippen LogP contribution in [0.1, 0.15) is 26.7 Å². The molecule has 0 unspecified atom stereocenters. The SMILES string of the molecule is CCN1CCC(NC(=O)[C@H](C)Oc2ccc(Cl)cc2Cl)CC1. The highest BCUT2D eigenvalue weighted by atomic mass is 35.5. The van der Waals surface area contributed by atoms with E-state index in [0.717, 1.165) is 32.5 Å². The van der Waals surface area contributed by atoms with Gasteiger partial charge in [-0.1, -0.05) is 30.1 Å². The molecule has 122 valence electrons. The van der Waals surface area contributed by atoms with E-state index >= 15 is 0 Å². The zero-order chi connectivity index (χ0) is 16.1. The Kier molecular flexibility index (Phi) is 6.36. The van der Waals surface area contributed by atoms with Gasteiger partial charge in [0.2, 0.25) is 0 Å². The Morgan fingerprint density at radius 3 is 2.68 bits per heavy atom. The molecule has 1 aliphatic rings. The molecule has 1 atom stereocenters. The van der Waals surface area contributed by atoms with Crippen molar-refractivity contribution in [3.63, 3.8) is 0 Å². The van der Waals surface area contributed by atoms with Gasteiger partial charge in [0.25, 0.3) is 5.91 Å². The molecule has 1 saturated heterocycles. The summed E-state index contributed by atoms with van der Waals surface area (Å²) in [5, 5.41) is 4.00. The molecule has 0 spiro atoms. The van der Waals surface area contributed by atoms with Gasteiger partial charge < -0.3 is 15.0 Å². The number of halogens is 2. The molecule has 1 N–H and O–H groups in total. The highest BCUT2D eigenvalue weighted by molar-refractivity contribution is 6.35. The Morgan fingerprint density at radius 1 is 1.41 bits per heavy atom. The van der Waals surface area contributed by atoms with Gasteiger partial charge in [0, 0.05) is 24.2 Å². The van der Waals surface area contributed by atoms with E-state index in [9.17, 15) is 4.79 Å². The molecule has 4 nitrogen and oxygen atoms in total. The molecule has 1 aliphatic heterocycles. The Balaban J connectivity index is 1.84. The number of likely N-dealkylation sites (tertiary alicyclic amines) is 1. The molecule has 1 fully saturated rings. The van der Waals surface area contributed by atoms with Crippen molar-refractivity contribution in [2.45, 2.75) is 38.8 Å². The molecule has 1 aromatic carbocycles. The summed E-state index contributed by atoms with van der Waals surface area (Å²) in [5.74, 6) is 0.357. The lowest BCUT2D eigenvalue weighted by Crippen LogP contribution is -2.48. The largest absolute Gasteiger partial charge is 0.479 e. The van der Waals surface area contributed by atoms with Crippen LogP contribution in [-0.4, -0.2) is 42.6 Å². The molecule has 6 heteroatoms. The monoisotopic (exact) mass is 344 g/mol. The van der Waals surface area contributed by atoms with Crippen molar-refractivity contribution in [2.24, 2.45) is 0 Å². The number of carbonyl (C=O) groups is 1.